The predicted molar refractivity (Wildman–Crippen MR) is 74.5 cm³/mol. The molecule has 2 heterocycles. The maximum Gasteiger partial charge on any atom is 0.241 e. The number of likely N-dealkylation sites (tertiary alicyclic amines) is 1. The number of likely N-dealkylation sites (N-methyl/N-ethyl adjacent to an activating group) is 1. The number of nitrogens with zero attached hydrogens (tertiary/aromatic N) is 2. The molecule has 1 N–H and O–H groups in total. The fraction of sp³-hybridized carbons (Fsp3) is 0.533. The topological polar surface area (TPSA) is 35.6 Å². The first kappa shape index (κ1) is 12.6. The summed E-state index contributed by atoms with van der Waals surface area (Å²) < 4.78 is 0. The molecule has 3 unspecified atom stereocenters. The summed E-state index contributed by atoms with van der Waals surface area (Å²) in [5.41, 5.74) is 1.18. The van der Waals surface area contributed by atoms with E-state index in [4.69, 9.17) is 0 Å². The minimum absolute atomic E-state index is 0.0280. The Labute approximate surface area is 114 Å². The second kappa shape index (κ2) is 4.94. The molecule has 0 aromatic heterocycles. The second-order valence-corrected chi connectivity index (χ2v) is 5.65. The molecule has 4 nitrogen and oxygen atoms in total. The molecule has 2 saturated heterocycles. The molecular formula is C15H21N3O. The SMILES string of the molecule is CC1NC(c2ccccc2)N(C2CCN(C)C2)C1=O. The van der Waals surface area contributed by atoms with Crippen molar-refractivity contribution in [1.82, 2.24) is 15.1 Å². The Balaban J connectivity index is 1.88. The van der Waals surface area contributed by atoms with Crippen LogP contribution in [-0.4, -0.2) is 47.9 Å². The molecule has 1 amide bonds. The Morgan fingerprint density at radius 2 is 2.00 bits per heavy atom. The van der Waals surface area contributed by atoms with Gasteiger partial charge < -0.3 is 9.80 Å². The molecule has 3 atom stereocenters. The maximum atomic E-state index is 12.4. The highest BCUT2D eigenvalue weighted by Crippen LogP contribution is 2.30. The van der Waals surface area contributed by atoms with Gasteiger partial charge in [-0.2, -0.15) is 0 Å². The number of amides is 1. The summed E-state index contributed by atoms with van der Waals surface area (Å²) >= 11 is 0. The van der Waals surface area contributed by atoms with Crippen molar-refractivity contribution >= 4 is 5.91 Å². The molecule has 3 rings (SSSR count). The van der Waals surface area contributed by atoms with E-state index in [0.29, 0.717) is 6.04 Å². The van der Waals surface area contributed by atoms with Crippen LogP contribution in [0.3, 0.4) is 0 Å². The molecule has 102 valence electrons. The van der Waals surface area contributed by atoms with Crippen molar-refractivity contribution in [3.8, 4) is 0 Å². The van der Waals surface area contributed by atoms with E-state index in [0.717, 1.165) is 19.5 Å². The second-order valence-electron chi connectivity index (χ2n) is 5.65. The molecule has 0 saturated carbocycles. The summed E-state index contributed by atoms with van der Waals surface area (Å²) in [5, 5.41) is 3.42. The number of carbonyl (C=O) groups is 1. The van der Waals surface area contributed by atoms with Crippen LogP contribution in [0.4, 0.5) is 0 Å². The monoisotopic (exact) mass is 259 g/mol. The summed E-state index contributed by atoms with van der Waals surface area (Å²) in [5.74, 6) is 0.231. The number of rotatable bonds is 2. The van der Waals surface area contributed by atoms with Gasteiger partial charge in [0.05, 0.1) is 6.04 Å². The third kappa shape index (κ3) is 2.26. The van der Waals surface area contributed by atoms with E-state index >= 15 is 0 Å². The molecule has 4 heteroatoms. The van der Waals surface area contributed by atoms with Crippen molar-refractivity contribution < 1.29 is 4.79 Å². The minimum Gasteiger partial charge on any atom is -0.317 e. The van der Waals surface area contributed by atoms with Crippen LogP contribution in [0, 0.1) is 0 Å². The average Bonchev–Trinajstić information content (AvgIpc) is 2.96. The number of carbonyl (C=O) groups excluding carboxylic acids is 1. The number of nitrogens with one attached hydrogen (secondary N) is 1. The standard InChI is InChI=1S/C15H21N3O/c1-11-15(19)18(13-8-9-17(2)10-13)14(16-11)12-6-4-3-5-7-12/h3-7,11,13-14,16H,8-10H2,1-2H3. The van der Waals surface area contributed by atoms with Crippen molar-refractivity contribution in [2.45, 2.75) is 31.6 Å². The summed E-state index contributed by atoms with van der Waals surface area (Å²) in [6.45, 7) is 4.00. The summed E-state index contributed by atoms with van der Waals surface area (Å²) in [6.07, 6.45) is 1.10. The first-order valence-electron chi connectivity index (χ1n) is 6.98. The van der Waals surface area contributed by atoms with Crippen molar-refractivity contribution in [2.75, 3.05) is 20.1 Å². The number of hydrogen-bond donors (Lipinski definition) is 1. The fourth-order valence-corrected chi connectivity index (χ4v) is 3.16. The van der Waals surface area contributed by atoms with E-state index in [1.165, 1.54) is 5.56 Å². The zero-order valence-corrected chi connectivity index (χ0v) is 11.5. The van der Waals surface area contributed by atoms with Gasteiger partial charge in [-0.15, -0.1) is 0 Å². The molecule has 0 spiro atoms. The van der Waals surface area contributed by atoms with Gasteiger partial charge >= 0.3 is 0 Å². The lowest BCUT2D eigenvalue weighted by Gasteiger charge is -2.30. The van der Waals surface area contributed by atoms with E-state index in [9.17, 15) is 4.79 Å². The molecule has 0 aliphatic carbocycles. The van der Waals surface area contributed by atoms with E-state index < -0.39 is 0 Å². The van der Waals surface area contributed by atoms with Crippen LogP contribution in [0.1, 0.15) is 25.1 Å². The lowest BCUT2D eigenvalue weighted by molar-refractivity contribution is -0.131. The van der Waals surface area contributed by atoms with Gasteiger partial charge in [0.15, 0.2) is 0 Å². The number of benzene rings is 1. The Morgan fingerprint density at radius 3 is 2.63 bits per heavy atom. The van der Waals surface area contributed by atoms with E-state index in [2.05, 4.69) is 34.3 Å². The van der Waals surface area contributed by atoms with Crippen molar-refractivity contribution in [3.05, 3.63) is 35.9 Å². The normalized spacial score (nSPS) is 32.2. The van der Waals surface area contributed by atoms with Gasteiger partial charge in [0.1, 0.15) is 6.17 Å². The molecule has 1 aromatic carbocycles. The lowest BCUT2D eigenvalue weighted by atomic mass is 10.1. The lowest BCUT2D eigenvalue weighted by Crippen LogP contribution is -2.41. The van der Waals surface area contributed by atoms with Gasteiger partial charge in [-0.3, -0.25) is 10.1 Å². The third-order valence-corrected chi connectivity index (χ3v) is 4.19. The van der Waals surface area contributed by atoms with Crippen LogP contribution < -0.4 is 5.32 Å². The smallest absolute Gasteiger partial charge is 0.241 e. The molecule has 19 heavy (non-hydrogen) atoms. The molecular weight excluding hydrogens is 238 g/mol. The van der Waals surface area contributed by atoms with Gasteiger partial charge in [0, 0.05) is 12.6 Å². The van der Waals surface area contributed by atoms with Crippen LogP contribution >= 0.6 is 0 Å². The van der Waals surface area contributed by atoms with Gasteiger partial charge in [-0.1, -0.05) is 30.3 Å². The van der Waals surface area contributed by atoms with E-state index in [1.807, 2.05) is 25.1 Å². The molecule has 0 radical (unpaired) electrons. The van der Waals surface area contributed by atoms with E-state index in [-0.39, 0.29) is 18.1 Å². The fourth-order valence-electron chi connectivity index (χ4n) is 3.16. The Kier molecular flexibility index (Phi) is 3.29. The van der Waals surface area contributed by atoms with Crippen LogP contribution in [0.15, 0.2) is 30.3 Å². The summed E-state index contributed by atoms with van der Waals surface area (Å²) in [4.78, 5) is 16.8. The maximum absolute atomic E-state index is 12.4. The molecule has 2 aliphatic heterocycles. The third-order valence-electron chi connectivity index (χ3n) is 4.19. The van der Waals surface area contributed by atoms with Crippen LogP contribution in [-0.2, 0) is 4.79 Å². The molecule has 2 aliphatic rings. The number of hydrogen-bond acceptors (Lipinski definition) is 3. The van der Waals surface area contributed by atoms with Crippen LogP contribution in [0.25, 0.3) is 0 Å². The van der Waals surface area contributed by atoms with Gasteiger partial charge in [0.25, 0.3) is 0 Å². The first-order chi connectivity index (χ1) is 9.16. The highest BCUT2D eigenvalue weighted by molar-refractivity contribution is 5.84. The minimum atomic E-state index is -0.0869. The Bertz CT molecular complexity index is 462. The van der Waals surface area contributed by atoms with E-state index in [1.54, 1.807) is 0 Å². The van der Waals surface area contributed by atoms with Crippen molar-refractivity contribution in [1.29, 1.82) is 0 Å². The predicted octanol–water partition coefficient (Wildman–Crippen LogP) is 1.21. The molecule has 1 aromatic rings. The molecule has 2 fully saturated rings. The molecule has 0 bridgehead atoms. The van der Waals surface area contributed by atoms with Gasteiger partial charge in [0.2, 0.25) is 5.91 Å². The zero-order chi connectivity index (χ0) is 13.4. The largest absolute Gasteiger partial charge is 0.317 e. The summed E-state index contributed by atoms with van der Waals surface area (Å²) in [7, 11) is 2.12. The van der Waals surface area contributed by atoms with Gasteiger partial charge in [-0.25, -0.2) is 0 Å². The van der Waals surface area contributed by atoms with Crippen molar-refractivity contribution in [3.63, 3.8) is 0 Å². The van der Waals surface area contributed by atoms with Crippen molar-refractivity contribution in [2.24, 2.45) is 0 Å². The quantitative estimate of drug-likeness (QED) is 0.867. The first-order valence-corrected chi connectivity index (χ1v) is 6.98. The van der Waals surface area contributed by atoms with Crippen LogP contribution in [0.2, 0.25) is 0 Å². The highest BCUT2D eigenvalue weighted by Gasteiger charge is 2.42. The Morgan fingerprint density at radius 1 is 1.26 bits per heavy atom. The highest BCUT2D eigenvalue weighted by atomic mass is 16.2. The summed E-state index contributed by atoms with van der Waals surface area (Å²) in [6, 6.07) is 10.5. The average molecular weight is 259 g/mol. The van der Waals surface area contributed by atoms with Crippen LogP contribution in [0.5, 0.6) is 0 Å². The Hall–Kier alpha value is -1.39. The van der Waals surface area contributed by atoms with Gasteiger partial charge in [-0.05, 0) is 32.5 Å². The zero-order valence-electron chi connectivity index (χ0n) is 11.5.